The molecule has 0 bridgehead atoms. The molecule has 2 unspecified atom stereocenters. The Balaban J connectivity index is 1.83. The average Bonchev–Trinajstić information content (AvgIpc) is 2.89. The van der Waals surface area contributed by atoms with Crippen molar-refractivity contribution in [2.75, 3.05) is 0 Å². The van der Waals surface area contributed by atoms with Crippen molar-refractivity contribution in [1.29, 1.82) is 0 Å². The molecule has 0 fully saturated rings. The van der Waals surface area contributed by atoms with Crippen LogP contribution in [0.1, 0.15) is 60.3 Å². The molecule has 2 aromatic rings. The average molecular weight is 300 g/mol. The highest BCUT2D eigenvalue weighted by Crippen LogP contribution is 2.39. The van der Waals surface area contributed by atoms with E-state index in [1.165, 1.54) is 22.6 Å². The first-order valence-electron chi connectivity index (χ1n) is 7.74. The summed E-state index contributed by atoms with van der Waals surface area (Å²) in [6, 6.07) is 10.9. The molecule has 1 heterocycles. The zero-order chi connectivity index (χ0) is 15.0. The van der Waals surface area contributed by atoms with Crippen LogP contribution in [0.5, 0.6) is 0 Å². The van der Waals surface area contributed by atoms with Crippen LogP contribution in [-0.2, 0) is 12.8 Å². The van der Waals surface area contributed by atoms with Crippen molar-refractivity contribution in [2.24, 2.45) is 11.1 Å². The lowest BCUT2D eigenvalue weighted by Gasteiger charge is -2.24. The van der Waals surface area contributed by atoms with Gasteiger partial charge in [0.2, 0.25) is 0 Å². The van der Waals surface area contributed by atoms with Gasteiger partial charge < -0.3 is 5.73 Å². The number of rotatable bonds is 2. The van der Waals surface area contributed by atoms with Crippen LogP contribution in [0.2, 0.25) is 0 Å². The minimum atomic E-state index is 0.0308. The van der Waals surface area contributed by atoms with E-state index >= 15 is 0 Å². The van der Waals surface area contributed by atoms with Crippen LogP contribution in [0.25, 0.3) is 0 Å². The van der Waals surface area contributed by atoms with Crippen LogP contribution in [0.4, 0.5) is 0 Å². The Hall–Kier alpha value is -1.19. The van der Waals surface area contributed by atoms with Gasteiger partial charge in [0.1, 0.15) is 5.01 Å². The molecule has 0 spiro atoms. The molecular formula is C18H24N2S. The molecule has 0 aliphatic heterocycles. The number of nitrogens with zero attached hydrogens (tertiary/aromatic N) is 1. The monoisotopic (exact) mass is 300 g/mol. The van der Waals surface area contributed by atoms with Gasteiger partial charge in [-0.25, -0.2) is 4.98 Å². The van der Waals surface area contributed by atoms with Crippen LogP contribution in [0, 0.1) is 5.41 Å². The molecule has 3 rings (SSSR count). The van der Waals surface area contributed by atoms with Gasteiger partial charge in [0.25, 0.3) is 0 Å². The van der Waals surface area contributed by atoms with Gasteiger partial charge >= 0.3 is 0 Å². The van der Waals surface area contributed by atoms with E-state index in [9.17, 15) is 0 Å². The molecule has 1 aromatic heterocycles. The molecule has 21 heavy (non-hydrogen) atoms. The van der Waals surface area contributed by atoms with Crippen LogP contribution in [0.15, 0.2) is 30.3 Å². The molecular weight excluding hydrogens is 276 g/mol. The van der Waals surface area contributed by atoms with Crippen LogP contribution >= 0.6 is 11.3 Å². The lowest BCUT2D eigenvalue weighted by Crippen LogP contribution is -2.26. The van der Waals surface area contributed by atoms with E-state index in [4.69, 9.17) is 10.7 Å². The Kier molecular flexibility index (Phi) is 3.89. The highest BCUT2D eigenvalue weighted by molar-refractivity contribution is 7.11. The van der Waals surface area contributed by atoms with Crippen molar-refractivity contribution in [3.63, 3.8) is 0 Å². The van der Waals surface area contributed by atoms with E-state index in [0.29, 0.717) is 5.92 Å². The fourth-order valence-electron chi connectivity index (χ4n) is 2.91. The number of benzene rings is 1. The predicted molar refractivity (Wildman–Crippen MR) is 89.7 cm³/mol. The standard InChI is InChI=1S/C18H24N2S/c1-18(2,3)16(19)17-20-14-10-9-13(11-15(14)21-17)12-7-5-4-6-8-12/h4-8,13,16H,9-11,19H2,1-3H3. The second kappa shape index (κ2) is 5.54. The number of hydrogen-bond donors (Lipinski definition) is 1. The lowest BCUT2D eigenvalue weighted by molar-refractivity contribution is 0.326. The fraction of sp³-hybridized carbons (Fsp3) is 0.500. The number of hydrogen-bond acceptors (Lipinski definition) is 3. The van der Waals surface area contributed by atoms with Crippen LogP contribution < -0.4 is 5.73 Å². The number of aryl methyl sites for hydroxylation is 1. The first kappa shape index (κ1) is 14.7. The summed E-state index contributed by atoms with van der Waals surface area (Å²) < 4.78 is 0. The molecule has 0 radical (unpaired) electrons. The van der Waals surface area contributed by atoms with E-state index in [1.54, 1.807) is 0 Å². The van der Waals surface area contributed by atoms with Gasteiger partial charge in [-0.1, -0.05) is 51.1 Å². The van der Waals surface area contributed by atoms with Gasteiger partial charge in [0.05, 0.1) is 11.7 Å². The molecule has 1 aliphatic carbocycles. The van der Waals surface area contributed by atoms with E-state index in [2.05, 4.69) is 51.1 Å². The maximum absolute atomic E-state index is 6.38. The molecule has 3 heteroatoms. The second-order valence-corrected chi connectivity index (χ2v) is 8.23. The van der Waals surface area contributed by atoms with Gasteiger partial charge in [-0.2, -0.15) is 0 Å². The topological polar surface area (TPSA) is 38.9 Å². The minimum Gasteiger partial charge on any atom is -0.322 e. The van der Waals surface area contributed by atoms with Crippen LogP contribution in [-0.4, -0.2) is 4.98 Å². The third-order valence-corrected chi connectivity index (χ3v) is 5.63. The quantitative estimate of drug-likeness (QED) is 0.889. The molecule has 0 saturated heterocycles. The molecule has 1 aliphatic rings. The van der Waals surface area contributed by atoms with E-state index < -0.39 is 0 Å². The summed E-state index contributed by atoms with van der Waals surface area (Å²) in [7, 11) is 0. The summed E-state index contributed by atoms with van der Waals surface area (Å²) in [6.45, 7) is 6.56. The number of thiazole rings is 1. The Morgan fingerprint density at radius 3 is 2.62 bits per heavy atom. The predicted octanol–water partition coefficient (Wildman–Crippen LogP) is 4.46. The Morgan fingerprint density at radius 2 is 1.95 bits per heavy atom. The Bertz CT molecular complexity index is 610. The van der Waals surface area contributed by atoms with Gasteiger partial charge in [0, 0.05) is 4.88 Å². The van der Waals surface area contributed by atoms with Crippen molar-refractivity contribution in [2.45, 2.75) is 52.0 Å². The molecule has 1 aromatic carbocycles. The molecule has 2 N–H and O–H groups in total. The lowest BCUT2D eigenvalue weighted by atomic mass is 9.85. The molecule has 2 nitrogen and oxygen atoms in total. The number of aromatic nitrogens is 1. The zero-order valence-electron chi connectivity index (χ0n) is 13.1. The Morgan fingerprint density at radius 1 is 1.24 bits per heavy atom. The zero-order valence-corrected chi connectivity index (χ0v) is 13.9. The summed E-state index contributed by atoms with van der Waals surface area (Å²) in [6.07, 6.45) is 3.40. The first-order valence-corrected chi connectivity index (χ1v) is 8.56. The highest BCUT2D eigenvalue weighted by Gasteiger charge is 2.29. The second-order valence-electron chi connectivity index (χ2n) is 7.12. The summed E-state index contributed by atoms with van der Waals surface area (Å²) in [5, 5.41) is 1.11. The van der Waals surface area contributed by atoms with Gasteiger partial charge in [0.15, 0.2) is 0 Å². The van der Waals surface area contributed by atoms with E-state index in [0.717, 1.165) is 17.8 Å². The van der Waals surface area contributed by atoms with Gasteiger partial charge in [-0.05, 0) is 36.2 Å². The third-order valence-electron chi connectivity index (χ3n) is 4.43. The van der Waals surface area contributed by atoms with Crippen molar-refractivity contribution >= 4 is 11.3 Å². The molecule has 0 amide bonds. The normalized spacial score (nSPS) is 20.1. The van der Waals surface area contributed by atoms with Gasteiger partial charge in [-0.15, -0.1) is 11.3 Å². The third kappa shape index (κ3) is 3.04. The summed E-state index contributed by atoms with van der Waals surface area (Å²) in [5.74, 6) is 0.637. The summed E-state index contributed by atoms with van der Waals surface area (Å²) in [5.41, 5.74) is 9.20. The largest absolute Gasteiger partial charge is 0.322 e. The maximum Gasteiger partial charge on any atom is 0.110 e. The van der Waals surface area contributed by atoms with Crippen molar-refractivity contribution in [1.82, 2.24) is 4.98 Å². The fourth-order valence-corrected chi connectivity index (χ4v) is 4.35. The van der Waals surface area contributed by atoms with Crippen molar-refractivity contribution < 1.29 is 0 Å². The number of nitrogens with two attached hydrogens (primary N) is 1. The number of fused-ring (bicyclic) bond motifs is 1. The van der Waals surface area contributed by atoms with Crippen molar-refractivity contribution in [3.8, 4) is 0 Å². The van der Waals surface area contributed by atoms with Crippen LogP contribution in [0.3, 0.4) is 0 Å². The first-order chi connectivity index (χ1) is 9.95. The summed E-state index contributed by atoms with van der Waals surface area (Å²) in [4.78, 5) is 6.29. The minimum absolute atomic E-state index is 0.0308. The van der Waals surface area contributed by atoms with Gasteiger partial charge in [-0.3, -0.25) is 0 Å². The maximum atomic E-state index is 6.38. The SMILES string of the molecule is CC(C)(C)C(N)c1nc2c(s1)CC(c1ccccc1)CC2. The highest BCUT2D eigenvalue weighted by atomic mass is 32.1. The van der Waals surface area contributed by atoms with E-state index in [1.807, 2.05) is 11.3 Å². The molecule has 0 saturated carbocycles. The van der Waals surface area contributed by atoms with E-state index in [-0.39, 0.29) is 11.5 Å². The molecule has 112 valence electrons. The smallest absolute Gasteiger partial charge is 0.110 e. The Labute approximate surface area is 131 Å². The molecule has 2 atom stereocenters. The van der Waals surface area contributed by atoms with Crippen molar-refractivity contribution in [3.05, 3.63) is 51.5 Å². The summed E-state index contributed by atoms with van der Waals surface area (Å²) >= 11 is 1.83.